The Labute approximate surface area is 176 Å². The minimum atomic E-state index is -4.74. The van der Waals surface area contributed by atoms with Gasteiger partial charge in [-0.3, -0.25) is 5.10 Å². The average Bonchev–Trinajstić information content (AvgIpc) is 3.11. The SMILES string of the molecule is CC(C)c1ccc(Cc2c(O[C@@H]3O[C@H](CO)[C@@H](O)[C@H](O)[C@H]3O)n[nH]c2C(F)(F)F)cc1. The van der Waals surface area contributed by atoms with Gasteiger partial charge in [-0.05, 0) is 17.0 Å². The molecule has 31 heavy (non-hydrogen) atoms. The van der Waals surface area contributed by atoms with E-state index < -0.39 is 55.1 Å². The van der Waals surface area contributed by atoms with Crippen LogP contribution in [0, 0.1) is 0 Å². The molecule has 0 bridgehead atoms. The Hall–Kier alpha value is -2.18. The molecule has 0 unspecified atom stereocenters. The first-order chi connectivity index (χ1) is 14.5. The highest BCUT2D eigenvalue weighted by molar-refractivity contribution is 5.38. The second-order valence-electron chi connectivity index (χ2n) is 7.77. The topological polar surface area (TPSA) is 128 Å². The second-order valence-corrected chi connectivity index (χ2v) is 7.77. The molecule has 8 nitrogen and oxygen atoms in total. The fourth-order valence-corrected chi connectivity index (χ4v) is 3.34. The number of nitrogens with one attached hydrogen (secondary N) is 1. The minimum absolute atomic E-state index is 0.170. The fraction of sp³-hybridized carbons (Fsp3) is 0.550. The summed E-state index contributed by atoms with van der Waals surface area (Å²) < 4.78 is 51.1. The fourth-order valence-electron chi connectivity index (χ4n) is 3.34. The first kappa shape index (κ1) is 23.5. The van der Waals surface area contributed by atoms with Crippen molar-refractivity contribution in [2.75, 3.05) is 6.61 Å². The van der Waals surface area contributed by atoms with E-state index in [1.807, 2.05) is 31.1 Å². The molecule has 0 spiro atoms. The number of nitrogens with zero attached hydrogens (tertiary/aromatic N) is 1. The molecule has 5 N–H and O–H groups in total. The van der Waals surface area contributed by atoms with Gasteiger partial charge in [-0.15, -0.1) is 5.10 Å². The summed E-state index contributed by atoms with van der Waals surface area (Å²) in [6.45, 7) is 3.30. The van der Waals surface area contributed by atoms with Gasteiger partial charge in [-0.2, -0.15) is 13.2 Å². The van der Waals surface area contributed by atoms with Gasteiger partial charge in [0.2, 0.25) is 12.2 Å². The van der Waals surface area contributed by atoms with Crippen molar-refractivity contribution in [3.8, 4) is 5.88 Å². The summed E-state index contributed by atoms with van der Waals surface area (Å²) in [5.41, 5.74) is 0.196. The Morgan fingerprint density at radius 3 is 2.29 bits per heavy atom. The van der Waals surface area contributed by atoms with E-state index in [0.29, 0.717) is 5.56 Å². The molecule has 1 fully saturated rings. The van der Waals surface area contributed by atoms with Crippen molar-refractivity contribution < 1.29 is 43.1 Å². The molecule has 1 aliphatic heterocycles. The van der Waals surface area contributed by atoms with Gasteiger partial charge in [0.1, 0.15) is 30.1 Å². The van der Waals surface area contributed by atoms with Crippen LogP contribution in [0.3, 0.4) is 0 Å². The normalized spacial score (nSPS) is 27.0. The quantitative estimate of drug-likeness (QED) is 0.453. The Bertz CT molecular complexity index is 869. The molecule has 1 aromatic heterocycles. The first-order valence-corrected chi connectivity index (χ1v) is 9.73. The smallest absolute Gasteiger partial charge is 0.433 e. The highest BCUT2D eigenvalue weighted by atomic mass is 19.4. The maximum absolute atomic E-state index is 13.5. The molecular formula is C20H25F3N2O6. The molecule has 2 heterocycles. The minimum Gasteiger partial charge on any atom is -0.443 e. The van der Waals surface area contributed by atoms with E-state index >= 15 is 0 Å². The Balaban J connectivity index is 1.89. The van der Waals surface area contributed by atoms with Crippen LogP contribution in [0.1, 0.15) is 42.1 Å². The van der Waals surface area contributed by atoms with Crippen molar-refractivity contribution in [3.63, 3.8) is 0 Å². The van der Waals surface area contributed by atoms with Gasteiger partial charge in [0, 0.05) is 6.42 Å². The van der Waals surface area contributed by atoms with Gasteiger partial charge in [0.25, 0.3) is 0 Å². The largest absolute Gasteiger partial charge is 0.443 e. The van der Waals surface area contributed by atoms with Crippen LogP contribution < -0.4 is 4.74 Å². The van der Waals surface area contributed by atoms with Crippen molar-refractivity contribution in [3.05, 3.63) is 46.6 Å². The van der Waals surface area contributed by atoms with Crippen LogP contribution in [0.25, 0.3) is 0 Å². The zero-order chi connectivity index (χ0) is 22.9. The molecule has 0 radical (unpaired) electrons. The molecule has 5 atom stereocenters. The number of alkyl halides is 3. The number of aliphatic hydroxyl groups is 4. The lowest BCUT2D eigenvalue weighted by Gasteiger charge is -2.39. The highest BCUT2D eigenvalue weighted by Crippen LogP contribution is 2.36. The van der Waals surface area contributed by atoms with E-state index in [2.05, 4.69) is 5.10 Å². The first-order valence-electron chi connectivity index (χ1n) is 9.73. The maximum Gasteiger partial charge on any atom is 0.433 e. The van der Waals surface area contributed by atoms with Crippen LogP contribution in [-0.4, -0.2) is 67.9 Å². The molecular weight excluding hydrogens is 421 g/mol. The van der Waals surface area contributed by atoms with Gasteiger partial charge in [-0.25, -0.2) is 0 Å². The lowest BCUT2D eigenvalue weighted by molar-refractivity contribution is -0.278. The van der Waals surface area contributed by atoms with Crippen molar-refractivity contribution in [1.29, 1.82) is 0 Å². The zero-order valence-corrected chi connectivity index (χ0v) is 16.9. The van der Waals surface area contributed by atoms with Gasteiger partial charge < -0.3 is 29.9 Å². The summed E-state index contributed by atoms with van der Waals surface area (Å²) in [6, 6.07) is 7.07. The number of aliphatic hydroxyl groups excluding tert-OH is 4. The summed E-state index contributed by atoms with van der Waals surface area (Å²) in [5.74, 6) is -0.205. The van der Waals surface area contributed by atoms with Gasteiger partial charge in [0.15, 0.2) is 0 Å². The molecule has 1 aliphatic rings. The number of H-pyrrole nitrogens is 1. The van der Waals surface area contributed by atoms with Crippen molar-refractivity contribution >= 4 is 0 Å². The van der Waals surface area contributed by atoms with Crippen LogP contribution >= 0.6 is 0 Å². The zero-order valence-electron chi connectivity index (χ0n) is 16.9. The summed E-state index contributed by atoms with van der Waals surface area (Å²) in [5, 5.41) is 44.6. The number of aromatic amines is 1. The average molecular weight is 446 g/mol. The summed E-state index contributed by atoms with van der Waals surface area (Å²) >= 11 is 0. The molecule has 1 aromatic carbocycles. The molecule has 1 saturated heterocycles. The summed E-state index contributed by atoms with van der Waals surface area (Å²) in [7, 11) is 0. The number of hydrogen-bond donors (Lipinski definition) is 5. The third-order valence-electron chi connectivity index (χ3n) is 5.22. The number of ether oxygens (including phenoxy) is 2. The molecule has 11 heteroatoms. The highest BCUT2D eigenvalue weighted by Gasteiger charge is 2.46. The second kappa shape index (κ2) is 9.13. The number of rotatable bonds is 6. The number of aromatic nitrogens is 2. The van der Waals surface area contributed by atoms with Crippen molar-refractivity contribution in [2.45, 2.75) is 63.1 Å². The van der Waals surface area contributed by atoms with E-state index in [-0.39, 0.29) is 17.9 Å². The number of halogens is 3. The lowest BCUT2D eigenvalue weighted by Crippen LogP contribution is -2.60. The van der Waals surface area contributed by atoms with Crippen LogP contribution in [0.4, 0.5) is 13.2 Å². The predicted molar refractivity (Wildman–Crippen MR) is 101 cm³/mol. The van der Waals surface area contributed by atoms with E-state index in [4.69, 9.17) is 9.47 Å². The van der Waals surface area contributed by atoms with Crippen LogP contribution in [0.2, 0.25) is 0 Å². The molecule has 3 rings (SSSR count). The standard InChI is InChI=1S/C20H25F3N2O6/c1-9(2)11-5-3-10(4-6-11)7-12-17(20(21,22)23)24-25-18(12)31-19-16(29)15(28)14(27)13(8-26)30-19/h3-6,9,13-16,19,26-29H,7-8H2,1-2H3,(H,24,25)/t13-,14-,15+,16-,19+/m1/s1. The summed E-state index contributed by atoms with van der Waals surface area (Å²) in [4.78, 5) is 0. The third-order valence-corrected chi connectivity index (χ3v) is 5.22. The summed E-state index contributed by atoms with van der Waals surface area (Å²) in [6.07, 6.45) is -13.0. The van der Waals surface area contributed by atoms with Crippen LogP contribution in [-0.2, 0) is 17.3 Å². The third kappa shape index (κ3) is 5.01. The Morgan fingerprint density at radius 2 is 1.74 bits per heavy atom. The predicted octanol–water partition coefficient (Wildman–Crippen LogP) is 1.32. The monoisotopic (exact) mass is 446 g/mol. The van der Waals surface area contributed by atoms with Gasteiger partial charge >= 0.3 is 6.18 Å². The van der Waals surface area contributed by atoms with Crippen molar-refractivity contribution in [2.24, 2.45) is 0 Å². The van der Waals surface area contributed by atoms with Crippen molar-refractivity contribution in [1.82, 2.24) is 10.2 Å². The molecule has 2 aromatic rings. The van der Waals surface area contributed by atoms with E-state index in [9.17, 15) is 33.6 Å². The Morgan fingerprint density at radius 1 is 1.10 bits per heavy atom. The molecule has 0 saturated carbocycles. The van der Waals surface area contributed by atoms with E-state index in [1.165, 1.54) is 0 Å². The van der Waals surface area contributed by atoms with E-state index in [0.717, 1.165) is 5.56 Å². The number of hydrogen-bond acceptors (Lipinski definition) is 7. The molecule has 0 amide bonds. The van der Waals surface area contributed by atoms with Crippen LogP contribution in [0.5, 0.6) is 5.88 Å². The van der Waals surface area contributed by atoms with Gasteiger partial charge in [0.05, 0.1) is 12.2 Å². The van der Waals surface area contributed by atoms with E-state index in [1.54, 1.807) is 12.1 Å². The lowest BCUT2D eigenvalue weighted by atomic mass is 9.98. The maximum atomic E-state index is 13.5. The Kier molecular flexibility index (Phi) is 6.92. The molecule has 0 aliphatic carbocycles. The number of benzene rings is 1. The van der Waals surface area contributed by atoms with Gasteiger partial charge in [-0.1, -0.05) is 38.1 Å². The molecule has 172 valence electrons. The van der Waals surface area contributed by atoms with Crippen LogP contribution in [0.15, 0.2) is 24.3 Å².